The molecule has 186 valence electrons. The van der Waals surface area contributed by atoms with Crippen LogP contribution in [0.3, 0.4) is 0 Å². The summed E-state index contributed by atoms with van der Waals surface area (Å²) < 4.78 is 7.58. The molecule has 5 rings (SSSR count). The molecule has 1 aromatic carbocycles. The number of carbonyl (C=O) groups is 1. The predicted molar refractivity (Wildman–Crippen MR) is 145 cm³/mol. The molecule has 2 atom stereocenters. The van der Waals surface area contributed by atoms with Crippen molar-refractivity contribution in [1.29, 1.82) is 0 Å². The molecule has 2 aliphatic heterocycles. The number of carbonyl (C=O) groups excluding carboxylic acids is 1. The molecule has 0 saturated carbocycles. The van der Waals surface area contributed by atoms with E-state index < -0.39 is 6.10 Å². The number of anilines is 1. The van der Waals surface area contributed by atoms with Gasteiger partial charge in [0.05, 0.1) is 29.2 Å². The third-order valence-electron chi connectivity index (χ3n) is 6.29. The van der Waals surface area contributed by atoms with Gasteiger partial charge in [0.15, 0.2) is 0 Å². The average molecular weight is 523 g/mol. The number of thiocarbonyl (C=S) groups is 1. The number of hydrogen-bond donors (Lipinski definition) is 2. The van der Waals surface area contributed by atoms with Crippen LogP contribution in [0.1, 0.15) is 35.6 Å². The highest BCUT2D eigenvalue weighted by atomic mass is 32.2. The minimum absolute atomic E-state index is 0.0283. The molecular weight excluding hydrogens is 496 g/mol. The van der Waals surface area contributed by atoms with Gasteiger partial charge in [0, 0.05) is 19.3 Å². The van der Waals surface area contributed by atoms with Crippen LogP contribution in [0.4, 0.5) is 5.82 Å². The number of rotatable bonds is 7. The number of pyridine rings is 1. The maximum Gasteiger partial charge on any atom is 0.267 e. The van der Waals surface area contributed by atoms with Crippen molar-refractivity contribution in [3.63, 3.8) is 0 Å². The monoisotopic (exact) mass is 522 g/mol. The molecule has 0 aliphatic carbocycles. The highest BCUT2D eigenvalue weighted by Crippen LogP contribution is 2.34. The summed E-state index contributed by atoms with van der Waals surface area (Å²) in [5.74, 6) is 0.0539. The van der Waals surface area contributed by atoms with Gasteiger partial charge in [-0.2, -0.15) is 0 Å². The third kappa shape index (κ3) is 4.94. The first-order valence-electron chi connectivity index (χ1n) is 11.8. The van der Waals surface area contributed by atoms with Crippen molar-refractivity contribution in [2.24, 2.45) is 0 Å². The fourth-order valence-corrected chi connectivity index (χ4v) is 5.60. The van der Waals surface area contributed by atoms with Crippen LogP contribution >= 0.6 is 24.0 Å². The number of benzene rings is 1. The number of nitrogens with zero attached hydrogens (tertiary/aromatic N) is 3. The fraction of sp³-hybridized carbons (Fsp3) is 0.308. The second kappa shape index (κ2) is 10.5. The van der Waals surface area contributed by atoms with Gasteiger partial charge in [0.25, 0.3) is 11.5 Å². The molecule has 2 aliphatic rings. The molecule has 0 bridgehead atoms. The van der Waals surface area contributed by atoms with Crippen LogP contribution < -0.4 is 10.9 Å². The Morgan fingerprint density at radius 3 is 2.83 bits per heavy atom. The first-order valence-corrected chi connectivity index (χ1v) is 13.0. The van der Waals surface area contributed by atoms with Gasteiger partial charge in [0.2, 0.25) is 0 Å². The normalized spacial score (nSPS) is 20.0. The Balaban J connectivity index is 1.50. The first kappa shape index (κ1) is 24.6. The van der Waals surface area contributed by atoms with Gasteiger partial charge in [0.1, 0.15) is 15.8 Å². The number of aromatic nitrogens is 2. The number of hydrogen-bond acceptors (Lipinski definition) is 8. The van der Waals surface area contributed by atoms with E-state index in [1.165, 1.54) is 16.2 Å². The highest BCUT2D eigenvalue weighted by molar-refractivity contribution is 8.26. The fourth-order valence-electron chi connectivity index (χ4n) is 4.34. The van der Waals surface area contributed by atoms with E-state index in [-0.39, 0.29) is 29.7 Å². The molecule has 1 amide bonds. The zero-order chi connectivity index (χ0) is 25.2. The van der Waals surface area contributed by atoms with E-state index >= 15 is 0 Å². The van der Waals surface area contributed by atoms with Crippen LogP contribution in [-0.2, 0) is 9.53 Å². The number of amides is 1. The van der Waals surface area contributed by atoms with Gasteiger partial charge in [-0.3, -0.25) is 18.9 Å². The molecule has 2 aromatic heterocycles. The Labute approximate surface area is 218 Å². The van der Waals surface area contributed by atoms with Crippen molar-refractivity contribution in [2.45, 2.75) is 32.0 Å². The maximum atomic E-state index is 13.5. The number of ether oxygens (including phenoxy) is 1. The van der Waals surface area contributed by atoms with E-state index in [0.717, 1.165) is 24.0 Å². The Kier molecular flexibility index (Phi) is 7.20. The van der Waals surface area contributed by atoms with Crippen molar-refractivity contribution >= 4 is 51.7 Å². The van der Waals surface area contributed by atoms with Crippen LogP contribution in [0.25, 0.3) is 11.7 Å². The summed E-state index contributed by atoms with van der Waals surface area (Å²) in [5, 5.41) is 13.8. The van der Waals surface area contributed by atoms with Crippen LogP contribution in [-0.4, -0.2) is 55.4 Å². The Bertz CT molecular complexity index is 1400. The molecule has 0 radical (unpaired) electrons. The lowest BCUT2D eigenvalue weighted by Crippen LogP contribution is -2.35. The highest BCUT2D eigenvalue weighted by Gasteiger charge is 2.35. The standard InChI is InChI=1S/C26H26N4O4S2/c1-16-7-5-11-29-23(16)28-22(27-14-20(31)17-8-3-2-4-9-17)19(24(29)32)13-21-25(33)30(26(35)36-21)15-18-10-6-12-34-18/h2-5,7-9,11,13,18,20,27,31H,6,10,12,14-15H2,1H3/b21-13-/t18-,20-/m1/s1. The number of aliphatic hydroxyl groups is 1. The number of nitrogens with one attached hydrogen (secondary N) is 1. The van der Waals surface area contributed by atoms with Gasteiger partial charge in [-0.1, -0.05) is 60.4 Å². The van der Waals surface area contributed by atoms with Crippen LogP contribution in [0, 0.1) is 6.92 Å². The number of aryl methyl sites for hydroxylation is 1. The first-order chi connectivity index (χ1) is 17.4. The molecular formula is C26H26N4O4S2. The van der Waals surface area contributed by atoms with Gasteiger partial charge in [-0.15, -0.1) is 0 Å². The molecule has 0 spiro atoms. The van der Waals surface area contributed by atoms with E-state index in [4.69, 9.17) is 21.9 Å². The van der Waals surface area contributed by atoms with Gasteiger partial charge in [-0.05, 0) is 43.0 Å². The minimum atomic E-state index is -0.805. The lowest BCUT2D eigenvalue weighted by molar-refractivity contribution is -0.123. The summed E-state index contributed by atoms with van der Waals surface area (Å²) in [4.78, 5) is 33.3. The quantitative estimate of drug-likeness (QED) is 0.360. The van der Waals surface area contributed by atoms with Gasteiger partial charge in [-0.25, -0.2) is 4.98 Å². The molecule has 36 heavy (non-hydrogen) atoms. The SMILES string of the molecule is Cc1cccn2c(=O)c(/C=C3\SC(=S)N(C[C@H]4CCCO4)C3=O)c(NC[C@@H](O)c3ccccc3)nc12. The molecule has 3 aromatic rings. The van der Waals surface area contributed by atoms with Crippen molar-refractivity contribution < 1.29 is 14.6 Å². The molecule has 8 nitrogen and oxygen atoms in total. The predicted octanol–water partition coefficient (Wildman–Crippen LogP) is 3.53. The van der Waals surface area contributed by atoms with Crippen LogP contribution in [0.5, 0.6) is 0 Å². The largest absolute Gasteiger partial charge is 0.387 e. The van der Waals surface area contributed by atoms with Crippen LogP contribution in [0.2, 0.25) is 0 Å². The van der Waals surface area contributed by atoms with E-state index in [1.807, 2.05) is 43.3 Å². The lowest BCUT2D eigenvalue weighted by atomic mass is 10.1. The van der Waals surface area contributed by atoms with E-state index in [1.54, 1.807) is 23.2 Å². The summed E-state index contributed by atoms with van der Waals surface area (Å²) in [6.45, 7) is 3.11. The zero-order valence-electron chi connectivity index (χ0n) is 19.7. The second-order valence-corrected chi connectivity index (χ2v) is 10.5. The van der Waals surface area contributed by atoms with Crippen molar-refractivity contribution in [2.75, 3.05) is 25.0 Å². The topological polar surface area (TPSA) is 96.2 Å². The van der Waals surface area contributed by atoms with Crippen molar-refractivity contribution in [3.05, 3.63) is 80.6 Å². The molecule has 10 heteroatoms. The van der Waals surface area contributed by atoms with Gasteiger partial charge < -0.3 is 15.2 Å². The molecule has 2 N–H and O–H groups in total. The maximum absolute atomic E-state index is 13.5. The number of fused-ring (bicyclic) bond motifs is 1. The van der Waals surface area contributed by atoms with Crippen molar-refractivity contribution in [3.8, 4) is 0 Å². The Hall–Kier alpha value is -3.05. The summed E-state index contributed by atoms with van der Waals surface area (Å²) >= 11 is 6.64. The summed E-state index contributed by atoms with van der Waals surface area (Å²) in [5.41, 5.74) is 1.99. The molecule has 4 heterocycles. The Morgan fingerprint density at radius 2 is 2.08 bits per heavy atom. The minimum Gasteiger partial charge on any atom is -0.387 e. The van der Waals surface area contributed by atoms with E-state index in [9.17, 15) is 14.7 Å². The van der Waals surface area contributed by atoms with E-state index in [0.29, 0.717) is 33.8 Å². The lowest BCUT2D eigenvalue weighted by Gasteiger charge is -2.18. The summed E-state index contributed by atoms with van der Waals surface area (Å²) in [6, 6.07) is 12.9. The average Bonchev–Trinajstić information content (AvgIpc) is 3.49. The molecule has 0 unspecified atom stereocenters. The van der Waals surface area contributed by atoms with Crippen LogP contribution in [0.15, 0.2) is 58.4 Å². The van der Waals surface area contributed by atoms with Gasteiger partial charge >= 0.3 is 0 Å². The van der Waals surface area contributed by atoms with E-state index in [2.05, 4.69) is 5.32 Å². The Morgan fingerprint density at radius 1 is 1.28 bits per heavy atom. The molecule has 2 saturated heterocycles. The van der Waals surface area contributed by atoms with Crippen molar-refractivity contribution in [1.82, 2.24) is 14.3 Å². The third-order valence-corrected chi connectivity index (χ3v) is 7.67. The second-order valence-electron chi connectivity index (χ2n) is 8.80. The number of aliphatic hydroxyl groups excluding tert-OH is 1. The summed E-state index contributed by atoms with van der Waals surface area (Å²) in [7, 11) is 0. The number of thioether (sulfide) groups is 1. The zero-order valence-corrected chi connectivity index (χ0v) is 21.3. The summed E-state index contributed by atoms with van der Waals surface area (Å²) in [6.07, 6.45) is 4.23. The smallest absolute Gasteiger partial charge is 0.267 e. The molecule has 2 fully saturated rings.